The SMILES string of the molecule is CN(CCC(F)(F)F)Cc1cc(Cl)ccn1. The van der Waals surface area contributed by atoms with Crippen molar-refractivity contribution in [1.82, 2.24) is 9.88 Å². The molecule has 0 amide bonds. The van der Waals surface area contributed by atoms with Crippen LogP contribution in [0.4, 0.5) is 13.2 Å². The van der Waals surface area contributed by atoms with Crippen LogP contribution in [0, 0.1) is 0 Å². The number of hydrogen-bond acceptors (Lipinski definition) is 2. The van der Waals surface area contributed by atoms with Crippen LogP contribution in [0.3, 0.4) is 0 Å². The van der Waals surface area contributed by atoms with Gasteiger partial charge in [-0.25, -0.2) is 0 Å². The number of hydrogen-bond donors (Lipinski definition) is 0. The Morgan fingerprint density at radius 2 is 2.12 bits per heavy atom. The Labute approximate surface area is 97.0 Å². The molecule has 0 aliphatic heterocycles. The van der Waals surface area contributed by atoms with Crippen molar-refractivity contribution in [1.29, 1.82) is 0 Å². The second-order valence-corrected chi connectivity index (χ2v) is 4.00. The standard InChI is InChI=1S/C10H12ClF3N2/c1-16(5-3-10(12,13)14)7-9-6-8(11)2-4-15-9/h2,4,6H,3,5,7H2,1H3. The minimum Gasteiger partial charge on any atom is -0.300 e. The third-order valence-corrected chi connectivity index (χ3v) is 2.22. The largest absolute Gasteiger partial charge is 0.390 e. The van der Waals surface area contributed by atoms with Crippen LogP contribution in [0.2, 0.25) is 5.02 Å². The fraction of sp³-hybridized carbons (Fsp3) is 0.500. The van der Waals surface area contributed by atoms with Crippen molar-refractivity contribution < 1.29 is 13.2 Å². The summed E-state index contributed by atoms with van der Waals surface area (Å²) >= 11 is 5.74. The van der Waals surface area contributed by atoms with E-state index in [2.05, 4.69) is 4.98 Å². The first-order chi connectivity index (χ1) is 7.37. The van der Waals surface area contributed by atoms with E-state index in [-0.39, 0.29) is 6.54 Å². The molecule has 1 aromatic heterocycles. The molecule has 0 fully saturated rings. The number of aromatic nitrogens is 1. The van der Waals surface area contributed by atoms with Gasteiger partial charge in [-0.15, -0.1) is 0 Å². The predicted octanol–water partition coefficient (Wildman–Crippen LogP) is 3.12. The molecular weight excluding hydrogens is 241 g/mol. The average Bonchev–Trinajstić information content (AvgIpc) is 2.14. The highest BCUT2D eigenvalue weighted by Crippen LogP contribution is 2.19. The molecule has 0 unspecified atom stereocenters. The van der Waals surface area contributed by atoms with Gasteiger partial charge in [-0.2, -0.15) is 13.2 Å². The van der Waals surface area contributed by atoms with Gasteiger partial charge in [-0.1, -0.05) is 11.6 Å². The van der Waals surface area contributed by atoms with Gasteiger partial charge in [-0.3, -0.25) is 4.98 Å². The molecule has 2 nitrogen and oxygen atoms in total. The molecule has 6 heteroatoms. The average molecular weight is 253 g/mol. The van der Waals surface area contributed by atoms with Gasteiger partial charge in [0.1, 0.15) is 0 Å². The summed E-state index contributed by atoms with van der Waals surface area (Å²) < 4.78 is 35.9. The van der Waals surface area contributed by atoms with Crippen LogP contribution in [0.15, 0.2) is 18.3 Å². The van der Waals surface area contributed by atoms with Crippen LogP contribution >= 0.6 is 11.6 Å². The monoisotopic (exact) mass is 252 g/mol. The van der Waals surface area contributed by atoms with Gasteiger partial charge >= 0.3 is 6.18 Å². The van der Waals surface area contributed by atoms with Crippen LogP contribution in [-0.2, 0) is 6.54 Å². The van der Waals surface area contributed by atoms with Gasteiger partial charge in [0.05, 0.1) is 12.1 Å². The molecule has 0 aromatic carbocycles. The molecule has 1 aromatic rings. The maximum absolute atomic E-state index is 12.0. The molecule has 1 rings (SSSR count). The lowest BCUT2D eigenvalue weighted by Gasteiger charge is -2.17. The highest BCUT2D eigenvalue weighted by atomic mass is 35.5. The Morgan fingerprint density at radius 3 is 2.69 bits per heavy atom. The first-order valence-corrected chi connectivity index (χ1v) is 5.10. The molecule has 90 valence electrons. The topological polar surface area (TPSA) is 16.1 Å². The summed E-state index contributed by atoms with van der Waals surface area (Å²) in [6, 6.07) is 3.27. The summed E-state index contributed by atoms with van der Waals surface area (Å²) in [7, 11) is 1.62. The van der Waals surface area contributed by atoms with Crippen LogP contribution in [-0.4, -0.2) is 29.7 Å². The van der Waals surface area contributed by atoms with Crippen LogP contribution in [0.25, 0.3) is 0 Å². The second kappa shape index (κ2) is 5.50. The van der Waals surface area contributed by atoms with Crippen LogP contribution in [0.1, 0.15) is 12.1 Å². The molecule has 0 bridgehead atoms. The Hall–Kier alpha value is -0.810. The van der Waals surface area contributed by atoms with Gasteiger partial charge in [0, 0.05) is 24.3 Å². The lowest BCUT2D eigenvalue weighted by Crippen LogP contribution is -2.24. The predicted molar refractivity (Wildman–Crippen MR) is 56.3 cm³/mol. The maximum atomic E-state index is 12.0. The quantitative estimate of drug-likeness (QED) is 0.819. The van der Waals surface area contributed by atoms with Crippen molar-refractivity contribution in [3.05, 3.63) is 29.0 Å². The summed E-state index contributed by atoms with van der Waals surface area (Å²) in [5.74, 6) is 0. The molecule has 0 spiro atoms. The van der Waals surface area contributed by atoms with E-state index in [1.807, 2.05) is 0 Å². The van der Waals surface area contributed by atoms with E-state index in [9.17, 15) is 13.2 Å². The highest BCUT2D eigenvalue weighted by Gasteiger charge is 2.27. The zero-order valence-electron chi connectivity index (χ0n) is 8.76. The lowest BCUT2D eigenvalue weighted by atomic mass is 10.3. The van der Waals surface area contributed by atoms with Crippen LogP contribution < -0.4 is 0 Å². The minimum absolute atomic E-state index is 0.0440. The minimum atomic E-state index is -4.12. The number of rotatable bonds is 4. The first kappa shape index (κ1) is 13.3. The normalized spacial score (nSPS) is 12.1. The van der Waals surface area contributed by atoms with Gasteiger partial charge in [0.2, 0.25) is 0 Å². The Bertz CT molecular complexity index is 341. The zero-order valence-corrected chi connectivity index (χ0v) is 9.52. The number of pyridine rings is 1. The molecule has 0 aliphatic carbocycles. The van der Waals surface area contributed by atoms with E-state index in [4.69, 9.17) is 11.6 Å². The number of halogens is 4. The summed E-state index contributed by atoms with van der Waals surface area (Å²) in [6.07, 6.45) is -3.39. The van der Waals surface area contributed by atoms with E-state index in [0.717, 1.165) is 0 Å². The molecule has 0 saturated heterocycles. The summed E-state index contributed by atoms with van der Waals surface area (Å²) in [5.41, 5.74) is 0.664. The molecule has 0 aliphatic rings. The van der Waals surface area contributed by atoms with Gasteiger partial charge < -0.3 is 4.90 Å². The van der Waals surface area contributed by atoms with Crippen molar-refractivity contribution in [2.24, 2.45) is 0 Å². The molecule has 0 saturated carbocycles. The second-order valence-electron chi connectivity index (χ2n) is 3.57. The maximum Gasteiger partial charge on any atom is 0.390 e. The third kappa shape index (κ3) is 5.32. The van der Waals surface area contributed by atoms with Crippen molar-refractivity contribution >= 4 is 11.6 Å². The molecule has 1 heterocycles. The Morgan fingerprint density at radius 1 is 1.44 bits per heavy atom. The van der Waals surface area contributed by atoms with Crippen molar-refractivity contribution in [2.45, 2.75) is 19.1 Å². The third-order valence-electron chi connectivity index (χ3n) is 1.99. The van der Waals surface area contributed by atoms with Crippen LogP contribution in [0.5, 0.6) is 0 Å². The van der Waals surface area contributed by atoms with E-state index < -0.39 is 12.6 Å². The fourth-order valence-corrected chi connectivity index (χ4v) is 1.39. The van der Waals surface area contributed by atoms with Crippen molar-refractivity contribution in [3.63, 3.8) is 0 Å². The highest BCUT2D eigenvalue weighted by molar-refractivity contribution is 6.30. The van der Waals surface area contributed by atoms with E-state index in [1.54, 1.807) is 24.1 Å². The van der Waals surface area contributed by atoms with Gasteiger partial charge in [0.15, 0.2) is 0 Å². The first-order valence-electron chi connectivity index (χ1n) is 4.72. The Kier molecular flexibility index (Phi) is 4.56. The van der Waals surface area contributed by atoms with E-state index in [0.29, 0.717) is 17.3 Å². The van der Waals surface area contributed by atoms with E-state index in [1.165, 1.54) is 6.20 Å². The Balaban J connectivity index is 2.43. The fourth-order valence-electron chi connectivity index (χ4n) is 1.21. The molecule has 0 radical (unpaired) electrons. The molecule has 16 heavy (non-hydrogen) atoms. The van der Waals surface area contributed by atoms with E-state index >= 15 is 0 Å². The van der Waals surface area contributed by atoms with Crippen molar-refractivity contribution in [3.8, 4) is 0 Å². The smallest absolute Gasteiger partial charge is 0.300 e. The zero-order chi connectivity index (χ0) is 12.2. The molecule has 0 N–H and O–H groups in total. The molecule has 0 atom stereocenters. The number of nitrogens with zero attached hydrogens (tertiary/aromatic N) is 2. The molecular formula is C10H12ClF3N2. The number of alkyl halides is 3. The summed E-state index contributed by atoms with van der Waals surface area (Å²) in [4.78, 5) is 5.58. The van der Waals surface area contributed by atoms with Crippen molar-refractivity contribution in [2.75, 3.05) is 13.6 Å². The summed E-state index contributed by atoms with van der Waals surface area (Å²) in [6.45, 7) is 0.314. The lowest BCUT2D eigenvalue weighted by molar-refractivity contribution is -0.137. The van der Waals surface area contributed by atoms with Gasteiger partial charge in [-0.05, 0) is 19.2 Å². The summed E-state index contributed by atoms with van der Waals surface area (Å²) in [5, 5.41) is 0.536. The van der Waals surface area contributed by atoms with Gasteiger partial charge in [0.25, 0.3) is 0 Å².